The van der Waals surface area contributed by atoms with Crippen LogP contribution in [0, 0.1) is 23.2 Å². The molecule has 0 unspecified atom stereocenters. The van der Waals surface area contributed by atoms with E-state index >= 15 is 0 Å². The first-order valence-electron chi connectivity index (χ1n) is 17.0. The fourth-order valence-electron chi connectivity index (χ4n) is 9.09. The summed E-state index contributed by atoms with van der Waals surface area (Å²) >= 11 is 0. The Balaban J connectivity index is 0.935. The average Bonchev–Trinajstić information content (AvgIpc) is 3.34. The highest BCUT2D eigenvalue weighted by Crippen LogP contribution is 2.47. The topological polar surface area (TPSA) is 40.7 Å². The molecule has 0 aromatic carbocycles. The van der Waals surface area contributed by atoms with Gasteiger partial charge in [-0.15, -0.1) is 0 Å². The highest BCUT2D eigenvalue weighted by atomic mass is 16.5. The largest absolute Gasteiger partial charge is 0.381 e. The summed E-state index contributed by atoms with van der Waals surface area (Å²) in [4.78, 5) is 16.1. The second-order valence-corrected chi connectivity index (χ2v) is 15.1. The lowest BCUT2D eigenvalue weighted by Gasteiger charge is -2.67. The van der Waals surface area contributed by atoms with Gasteiger partial charge < -0.3 is 19.9 Å². The number of piperazine rings is 1. The summed E-state index contributed by atoms with van der Waals surface area (Å²) in [5, 5.41) is 3.55. The van der Waals surface area contributed by atoms with Crippen LogP contribution in [-0.2, 0) is 4.74 Å². The molecule has 6 rings (SSSR count). The number of nitrogens with zero attached hydrogens (tertiary/aromatic N) is 6. The van der Waals surface area contributed by atoms with E-state index in [0.29, 0.717) is 11.5 Å². The number of hydrogen-bond donors (Lipinski definition) is 1. The average molecular weight is 560 g/mol. The molecule has 0 bridgehead atoms. The molecule has 8 nitrogen and oxygen atoms in total. The van der Waals surface area contributed by atoms with Gasteiger partial charge in [0.1, 0.15) is 0 Å². The van der Waals surface area contributed by atoms with Gasteiger partial charge in [-0.1, -0.05) is 0 Å². The Kier molecular flexibility index (Phi) is 10.1. The maximum atomic E-state index is 6.32. The van der Waals surface area contributed by atoms with Crippen LogP contribution < -0.4 is 5.32 Å². The van der Waals surface area contributed by atoms with Crippen molar-refractivity contribution in [3.63, 3.8) is 0 Å². The van der Waals surface area contributed by atoms with Gasteiger partial charge in [-0.05, 0) is 110 Å². The van der Waals surface area contributed by atoms with Crippen molar-refractivity contribution in [2.75, 3.05) is 126 Å². The summed E-state index contributed by atoms with van der Waals surface area (Å²) in [6.45, 7) is 23.3. The molecule has 6 saturated heterocycles. The van der Waals surface area contributed by atoms with Gasteiger partial charge in [-0.2, -0.15) is 0 Å². The molecule has 0 amide bonds. The van der Waals surface area contributed by atoms with Crippen LogP contribution in [0.2, 0.25) is 0 Å². The normalized spacial score (nSPS) is 34.4. The molecule has 3 atom stereocenters. The van der Waals surface area contributed by atoms with Gasteiger partial charge in [0, 0.05) is 83.0 Å². The molecule has 6 aliphatic rings. The maximum Gasteiger partial charge on any atom is 0.0506 e. The molecule has 8 heteroatoms. The second kappa shape index (κ2) is 13.5. The lowest BCUT2D eigenvalue weighted by atomic mass is 9.64. The van der Waals surface area contributed by atoms with Crippen LogP contribution in [0.5, 0.6) is 0 Å². The predicted molar refractivity (Wildman–Crippen MR) is 164 cm³/mol. The Morgan fingerprint density at radius 2 is 1.43 bits per heavy atom. The van der Waals surface area contributed by atoms with Crippen molar-refractivity contribution < 1.29 is 4.74 Å². The van der Waals surface area contributed by atoms with Crippen LogP contribution in [0.25, 0.3) is 0 Å². The molecule has 0 aromatic rings. The first kappa shape index (κ1) is 29.7. The lowest BCUT2D eigenvalue weighted by molar-refractivity contribution is -0.186. The van der Waals surface area contributed by atoms with E-state index in [4.69, 9.17) is 4.74 Å². The van der Waals surface area contributed by atoms with Crippen molar-refractivity contribution in [1.82, 2.24) is 34.7 Å². The second-order valence-electron chi connectivity index (χ2n) is 15.1. The zero-order valence-electron chi connectivity index (χ0n) is 26.2. The molecule has 6 heterocycles. The van der Waals surface area contributed by atoms with E-state index in [0.717, 1.165) is 43.6 Å². The van der Waals surface area contributed by atoms with Crippen molar-refractivity contribution >= 4 is 0 Å². The summed E-state index contributed by atoms with van der Waals surface area (Å²) < 4.78 is 6.32. The molecule has 6 fully saturated rings. The third-order valence-electron chi connectivity index (χ3n) is 11.7. The summed E-state index contributed by atoms with van der Waals surface area (Å²) in [6, 6.07) is 1.44. The van der Waals surface area contributed by atoms with Gasteiger partial charge in [0.25, 0.3) is 0 Å². The van der Waals surface area contributed by atoms with Crippen molar-refractivity contribution in [1.29, 1.82) is 0 Å². The quantitative estimate of drug-likeness (QED) is 0.383. The zero-order chi connectivity index (χ0) is 27.5. The van der Waals surface area contributed by atoms with Gasteiger partial charge in [-0.3, -0.25) is 19.6 Å². The van der Waals surface area contributed by atoms with Crippen LogP contribution in [0.1, 0.15) is 45.4 Å². The number of rotatable bonds is 11. The fraction of sp³-hybridized carbons (Fsp3) is 1.00. The predicted octanol–water partition coefficient (Wildman–Crippen LogP) is 1.64. The van der Waals surface area contributed by atoms with Crippen LogP contribution in [0.3, 0.4) is 0 Å². The molecule has 1 spiro atoms. The summed E-state index contributed by atoms with van der Waals surface area (Å²) in [6.07, 6.45) is 8.08. The van der Waals surface area contributed by atoms with Gasteiger partial charge in [0.2, 0.25) is 0 Å². The van der Waals surface area contributed by atoms with Gasteiger partial charge in [0.05, 0.1) is 13.3 Å². The van der Waals surface area contributed by atoms with Crippen molar-refractivity contribution in [3.8, 4) is 0 Å². The first-order valence-corrected chi connectivity index (χ1v) is 17.0. The Morgan fingerprint density at radius 1 is 0.750 bits per heavy atom. The van der Waals surface area contributed by atoms with Crippen molar-refractivity contribution in [2.24, 2.45) is 23.2 Å². The monoisotopic (exact) mass is 559 g/mol. The van der Waals surface area contributed by atoms with Gasteiger partial charge in [0.15, 0.2) is 0 Å². The fourth-order valence-corrected chi connectivity index (χ4v) is 9.09. The minimum Gasteiger partial charge on any atom is -0.381 e. The maximum absolute atomic E-state index is 6.32. The molecule has 1 N–H and O–H groups in total. The Bertz CT molecular complexity index is 777. The van der Waals surface area contributed by atoms with E-state index < -0.39 is 0 Å². The van der Waals surface area contributed by atoms with E-state index in [2.05, 4.69) is 55.7 Å². The Hall–Kier alpha value is -0.320. The molecular formula is C32H61N7O. The van der Waals surface area contributed by atoms with E-state index in [1.807, 2.05) is 0 Å². The highest BCUT2D eigenvalue weighted by Gasteiger charge is 2.58. The third kappa shape index (κ3) is 7.24. The first-order chi connectivity index (χ1) is 19.5. The molecule has 0 saturated carbocycles. The van der Waals surface area contributed by atoms with Gasteiger partial charge >= 0.3 is 0 Å². The Labute approximate surface area is 245 Å². The summed E-state index contributed by atoms with van der Waals surface area (Å²) in [7, 11) is 4.53. The highest BCUT2D eigenvalue weighted by molar-refractivity contribution is 5.12. The van der Waals surface area contributed by atoms with E-state index in [-0.39, 0.29) is 0 Å². The SMILES string of the molecule is C[C@H]1CNCCN1CC1CCN(CN2CC3(C2)CN(CC2CCN(C)CC2)[C@H]3CCOC[C@H]2CCN(C)C2)CC1. The number of ether oxygens (including phenoxy) is 1. The van der Waals surface area contributed by atoms with E-state index in [1.54, 1.807) is 0 Å². The molecule has 6 aliphatic heterocycles. The lowest BCUT2D eigenvalue weighted by Crippen LogP contribution is -2.78. The third-order valence-corrected chi connectivity index (χ3v) is 11.7. The number of likely N-dealkylation sites (tertiary alicyclic amines) is 5. The van der Waals surface area contributed by atoms with Crippen molar-refractivity contribution in [3.05, 3.63) is 0 Å². The molecule has 0 radical (unpaired) electrons. The zero-order valence-corrected chi connectivity index (χ0v) is 26.2. The number of piperidine rings is 2. The summed E-state index contributed by atoms with van der Waals surface area (Å²) in [5.74, 6) is 2.54. The van der Waals surface area contributed by atoms with Crippen molar-refractivity contribution in [2.45, 2.75) is 57.5 Å². The van der Waals surface area contributed by atoms with Crippen LogP contribution in [0.15, 0.2) is 0 Å². The standard InChI is InChI=1S/C32H61N7O/c1-27-18-33-10-16-38(27)20-29-7-14-36(15-8-29)26-37-23-32(24-37)25-39(21-28-4-11-34(2)12-5-28)31(32)9-17-40-22-30-6-13-35(3)19-30/h27-31,33H,4-26H2,1-3H3/t27-,30-,31-/m0/s1. The minimum absolute atomic E-state index is 0.541. The molecule has 0 aliphatic carbocycles. The van der Waals surface area contributed by atoms with Crippen LogP contribution in [0.4, 0.5) is 0 Å². The molecule has 0 aromatic heterocycles. The molecule has 40 heavy (non-hydrogen) atoms. The smallest absolute Gasteiger partial charge is 0.0506 e. The van der Waals surface area contributed by atoms with Crippen LogP contribution >= 0.6 is 0 Å². The van der Waals surface area contributed by atoms with Gasteiger partial charge in [-0.25, -0.2) is 0 Å². The molecule has 230 valence electrons. The van der Waals surface area contributed by atoms with Crippen LogP contribution in [-0.4, -0.2) is 167 Å². The number of nitrogens with one attached hydrogen (secondary N) is 1. The Morgan fingerprint density at radius 3 is 2.12 bits per heavy atom. The molecular weight excluding hydrogens is 498 g/mol. The van der Waals surface area contributed by atoms with E-state index in [9.17, 15) is 0 Å². The van der Waals surface area contributed by atoms with E-state index in [1.165, 1.54) is 130 Å². The number of hydrogen-bond acceptors (Lipinski definition) is 8. The summed E-state index contributed by atoms with van der Waals surface area (Å²) in [5.41, 5.74) is 0.541. The minimum atomic E-state index is 0.541.